The van der Waals surface area contributed by atoms with Crippen LogP contribution in [0.3, 0.4) is 0 Å². The summed E-state index contributed by atoms with van der Waals surface area (Å²) < 4.78 is 1.80. The summed E-state index contributed by atoms with van der Waals surface area (Å²) in [6, 6.07) is 8.65. The first kappa shape index (κ1) is 18.2. The average molecular weight is 327 g/mol. The number of aromatic nitrogens is 2. The highest BCUT2D eigenvalue weighted by Crippen LogP contribution is 2.23. The molecule has 1 aromatic heterocycles. The van der Waals surface area contributed by atoms with Crippen molar-refractivity contribution in [1.82, 2.24) is 15.1 Å². The highest BCUT2D eigenvalue weighted by atomic mass is 16.1. The maximum absolute atomic E-state index is 12.6. The van der Waals surface area contributed by atoms with Gasteiger partial charge in [-0.2, -0.15) is 5.10 Å². The van der Waals surface area contributed by atoms with Crippen LogP contribution in [0, 0.1) is 6.92 Å². The molecule has 0 aliphatic carbocycles. The van der Waals surface area contributed by atoms with E-state index in [2.05, 4.69) is 55.5 Å². The fourth-order valence-corrected chi connectivity index (χ4v) is 2.85. The molecule has 0 saturated carbocycles. The molecular weight excluding hydrogens is 298 g/mol. The van der Waals surface area contributed by atoms with Crippen LogP contribution in [-0.4, -0.2) is 15.7 Å². The van der Waals surface area contributed by atoms with Crippen molar-refractivity contribution in [3.8, 4) is 0 Å². The second-order valence-electron chi connectivity index (χ2n) is 6.39. The quantitative estimate of drug-likeness (QED) is 0.807. The molecule has 0 aliphatic heterocycles. The van der Waals surface area contributed by atoms with E-state index < -0.39 is 0 Å². The lowest BCUT2D eigenvalue weighted by molar-refractivity contribution is 0.0935. The van der Waals surface area contributed by atoms with Crippen LogP contribution in [0.15, 0.2) is 30.5 Å². The van der Waals surface area contributed by atoms with Gasteiger partial charge in [0.25, 0.3) is 5.91 Å². The van der Waals surface area contributed by atoms with E-state index in [4.69, 9.17) is 0 Å². The molecule has 1 heterocycles. The van der Waals surface area contributed by atoms with Crippen molar-refractivity contribution in [2.75, 3.05) is 0 Å². The molecule has 1 amide bonds. The third-order valence-electron chi connectivity index (χ3n) is 4.75. The molecule has 0 aliphatic rings. The van der Waals surface area contributed by atoms with E-state index in [1.165, 1.54) is 5.56 Å². The highest BCUT2D eigenvalue weighted by Gasteiger charge is 2.18. The third kappa shape index (κ3) is 4.05. The summed E-state index contributed by atoms with van der Waals surface area (Å²) in [6.07, 6.45) is 3.81. The molecule has 130 valence electrons. The summed E-state index contributed by atoms with van der Waals surface area (Å²) in [4.78, 5) is 12.6. The largest absolute Gasteiger partial charge is 0.345 e. The van der Waals surface area contributed by atoms with Gasteiger partial charge in [-0.15, -0.1) is 0 Å². The second-order valence-corrected chi connectivity index (χ2v) is 6.39. The normalized spacial score (nSPS) is 13.5. The summed E-state index contributed by atoms with van der Waals surface area (Å²) in [5.41, 5.74) is 3.93. The van der Waals surface area contributed by atoms with Crippen molar-refractivity contribution in [2.24, 2.45) is 0 Å². The van der Waals surface area contributed by atoms with Gasteiger partial charge in [0.2, 0.25) is 0 Å². The molecule has 2 rings (SSSR count). The minimum absolute atomic E-state index is 0.0212. The number of amides is 1. The van der Waals surface area contributed by atoms with Crippen LogP contribution < -0.4 is 5.32 Å². The third-order valence-corrected chi connectivity index (χ3v) is 4.75. The molecule has 0 saturated heterocycles. The molecule has 4 heteroatoms. The highest BCUT2D eigenvalue weighted by molar-refractivity contribution is 5.95. The number of hydrogen-bond donors (Lipinski definition) is 1. The molecule has 0 radical (unpaired) electrons. The zero-order chi connectivity index (χ0) is 17.7. The van der Waals surface area contributed by atoms with E-state index in [0.29, 0.717) is 11.5 Å². The fraction of sp³-hybridized carbons (Fsp3) is 0.500. The summed E-state index contributed by atoms with van der Waals surface area (Å²) in [5, 5.41) is 7.50. The summed E-state index contributed by atoms with van der Waals surface area (Å²) in [6.45, 7) is 11.2. The van der Waals surface area contributed by atoms with E-state index in [1.54, 1.807) is 4.68 Å². The topological polar surface area (TPSA) is 46.9 Å². The first-order valence-electron chi connectivity index (χ1n) is 8.94. The zero-order valence-corrected chi connectivity index (χ0v) is 15.5. The average Bonchev–Trinajstić information content (AvgIpc) is 3.00. The SMILES string of the molecule is CCC(C)c1ccc(C(CC)NC(=O)c2cn(CC)nc2C)cc1. The Hall–Kier alpha value is -2.10. The van der Waals surface area contributed by atoms with Gasteiger partial charge < -0.3 is 5.32 Å². The summed E-state index contributed by atoms with van der Waals surface area (Å²) in [7, 11) is 0. The van der Waals surface area contributed by atoms with Gasteiger partial charge in [-0.05, 0) is 43.7 Å². The minimum Gasteiger partial charge on any atom is -0.345 e. The molecule has 24 heavy (non-hydrogen) atoms. The number of nitrogens with zero attached hydrogens (tertiary/aromatic N) is 2. The van der Waals surface area contributed by atoms with Gasteiger partial charge in [-0.25, -0.2) is 0 Å². The van der Waals surface area contributed by atoms with Crippen molar-refractivity contribution < 1.29 is 4.79 Å². The number of benzene rings is 1. The lowest BCUT2D eigenvalue weighted by Crippen LogP contribution is -2.28. The van der Waals surface area contributed by atoms with Gasteiger partial charge in [0.15, 0.2) is 0 Å². The van der Waals surface area contributed by atoms with Crippen molar-refractivity contribution >= 4 is 5.91 Å². The Morgan fingerprint density at radius 2 is 1.75 bits per heavy atom. The summed E-state index contributed by atoms with van der Waals surface area (Å²) in [5.74, 6) is 0.515. The Morgan fingerprint density at radius 3 is 2.25 bits per heavy atom. The van der Waals surface area contributed by atoms with Crippen LogP contribution in [0.2, 0.25) is 0 Å². The smallest absolute Gasteiger partial charge is 0.255 e. The van der Waals surface area contributed by atoms with Crippen molar-refractivity contribution in [2.45, 2.75) is 66.0 Å². The predicted octanol–water partition coefficient (Wildman–Crippen LogP) is 4.61. The van der Waals surface area contributed by atoms with Crippen LogP contribution in [0.5, 0.6) is 0 Å². The number of nitrogens with one attached hydrogen (secondary N) is 1. The number of hydrogen-bond acceptors (Lipinski definition) is 2. The number of aryl methyl sites for hydroxylation is 2. The van der Waals surface area contributed by atoms with E-state index in [0.717, 1.165) is 30.6 Å². The Morgan fingerprint density at radius 1 is 1.12 bits per heavy atom. The molecule has 2 atom stereocenters. The van der Waals surface area contributed by atoms with Gasteiger partial charge in [0.05, 0.1) is 17.3 Å². The number of rotatable bonds is 7. The van der Waals surface area contributed by atoms with E-state index in [9.17, 15) is 4.79 Å². The standard InChI is InChI=1S/C20H29N3O/c1-6-14(4)16-9-11-17(12-10-16)19(7-2)21-20(24)18-13-23(8-3)22-15(18)5/h9-14,19H,6-8H2,1-5H3,(H,21,24). The molecule has 0 fully saturated rings. The molecule has 2 aromatic rings. The minimum atomic E-state index is -0.0509. The van der Waals surface area contributed by atoms with Crippen molar-refractivity contribution in [1.29, 1.82) is 0 Å². The lowest BCUT2D eigenvalue weighted by atomic mass is 9.95. The van der Waals surface area contributed by atoms with Gasteiger partial charge in [-0.3, -0.25) is 9.48 Å². The maximum atomic E-state index is 12.6. The van der Waals surface area contributed by atoms with E-state index >= 15 is 0 Å². The molecule has 0 bridgehead atoms. The Kier molecular flexibility index (Phi) is 6.18. The Balaban J connectivity index is 2.13. The maximum Gasteiger partial charge on any atom is 0.255 e. The van der Waals surface area contributed by atoms with Crippen molar-refractivity contribution in [3.63, 3.8) is 0 Å². The van der Waals surface area contributed by atoms with Gasteiger partial charge in [0, 0.05) is 12.7 Å². The zero-order valence-electron chi connectivity index (χ0n) is 15.5. The molecule has 1 N–H and O–H groups in total. The van der Waals surface area contributed by atoms with E-state index in [-0.39, 0.29) is 11.9 Å². The molecule has 1 aromatic carbocycles. The van der Waals surface area contributed by atoms with Crippen LogP contribution in [0.25, 0.3) is 0 Å². The molecule has 4 nitrogen and oxygen atoms in total. The van der Waals surface area contributed by atoms with Crippen LogP contribution in [0.1, 0.15) is 79.7 Å². The number of carbonyl (C=O) groups is 1. The Bertz CT molecular complexity index is 673. The van der Waals surface area contributed by atoms with E-state index in [1.807, 2.05) is 20.0 Å². The first-order valence-corrected chi connectivity index (χ1v) is 8.94. The number of carbonyl (C=O) groups excluding carboxylic acids is 1. The van der Waals surface area contributed by atoms with Gasteiger partial charge in [-0.1, -0.05) is 45.0 Å². The molecular formula is C20H29N3O. The van der Waals surface area contributed by atoms with Gasteiger partial charge >= 0.3 is 0 Å². The molecule has 2 unspecified atom stereocenters. The van der Waals surface area contributed by atoms with Crippen LogP contribution >= 0.6 is 0 Å². The van der Waals surface area contributed by atoms with Gasteiger partial charge in [0.1, 0.15) is 0 Å². The Labute approximate surface area is 145 Å². The lowest BCUT2D eigenvalue weighted by Gasteiger charge is -2.18. The fourth-order valence-electron chi connectivity index (χ4n) is 2.85. The van der Waals surface area contributed by atoms with Crippen LogP contribution in [-0.2, 0) is 6.54 Å². The first-order chi connectivity index (χ1) is 11.5. The summed E-state index contributed by atoms with van der Waals surface area (Å²) >= 11 is 0. The second kappa shape index (κ2) is 8.13. The predicted molar refractivity (Wildman–Crippen MR) is 98.3 cm³/mol. The molecule has 0 spiro atoms. The van der Waals surface area contributed by atoms with Crippen LogP contribution in [0.4, 0.5) is 0 Å². The monoisotopic (exact) mass is 327 g/mol. The van der Waals surface area contributed by atoms with Crippen molar-refractivity contribution in [3.05, 3.63) is 52.8 Å².